The van der Waals surface area contributed by atoms with E-state index in [2.05, 4.69) is 13.8 Å². The lowest BCUT2D eigenvalue weighted by Gasteiger charge is -2.40. The number of aliphatic hydroxyl groups excluding tert-OH is 4. The quantitative estimate of drug-likeness (QED) is 0.0346. The molecule has 0 unspecified atom stereocenters. The smallest absolute Gasteiger partial charge is 0.306 e. The van der Waals surface area contributed by atoms with E-state index in [4.69, 9.17) is 14.2 Å². The lowest BCUT2D eigenvalue weighted by atomic mass is 9.92. The normalized spacial score (nSPS) is 18.4. The summed E-state index contributed by atoms with van der Waals surface area (Å²) in [5.41, 5.74) is 0. The molecule has 1 rings (SSSR count). The highest BCUT2D eigenvalue weighted by molar-refractivity contribution is 5.70. The SMILES string of the molecule is CCCCCCCCCCCCCCCCCCCCCCCCCCC(=O)OC[C@H](CC[C@@H]1O[C@H](CO)[C@@H](O)[C@H](O)[C@H]1O)OC(=O)CCCCCCCCCCCCCCCCCCCCCCCCCC. The maximum absolute atomic E-state index is 13.0. The van der Waals surface area contributed by atoms with Gasteiger partial charge in [0.1, 0.15) is 37.1 Å². The van der Waals surface area contributed by atoms with E-state index in [1.54, 1.807) is 0 Å². The zero-order chi connectivity index (χ0) is 52.9. The fourth-order valence-corrected chi connectivity index (χ4v) is 10.9. The van der Waals surface area contributed by atoms with E-state index >= 15 is 0 Å². The van der Waals surface area contributed by atoms with Crippen molar-refractivity contribution >= 4 is 11.9 Å². The molecule has 0 radical (unpaired) electrons. The van der Waals surface area contributed by atoms with Crippen molar-refractivity contribution in [3.05, 3.63) is 0 Å². The Hall–Kier alpha value is -1.26. The second-order valence-corrected chi connectivity index (χ2v) is 23.0. The first-order chi connectivity index (χ1) is 35.8. The molecule has 1 fully saturated rings. The summed E-state index contributed by atoms with van der Waals surface area (Å²) in [4.78, 5) is 25.7. The van der Waals surface area contributed by atoms with Crippen molar-refractivity contribution in [2.24, 2.45) is 0 Å². The van der Waals surface area contributed by atoms with Gasteiger partial charge in [-0.15, -0.1) is 0 Å². The molecule has 9 nitrogen and oxygen atoms in total. The van der Waals surface area contributed by atoms with Gasteiger partial charge in [0.2, 0.25) is 0 Å². The number of carbonyl (C=O) groups excluding carboxylic acids is 2. The standard InChI is InChI=1S/C64H124O9/c1-3-5-7-9-11-13-15-17-19-21-23-25-27-29-31-33-35-37-39-41-43-45-47-49-51-60(66)71-56-57(53-54-58-62(68)64(70)63(69)59(55-65)73-58)72-61(67)52-50-48-46-44-42-40-38-36-34-32-30-28-26-24-22-20-18-16-14-12-10-8-6-4-2/h57-59,62-65,68-70H,3-56H2,1-2H3/t57-,58-,59+,62-,63+,64+/m0/s1. The van der Waals surface area contributed by atoms with Gasteiger partial charge in [0.15, 0.2) is 0 Å². The van der Waals surface area contributed by atoms with Crippen molar-refractivity contribution in [3.63, 3.8) is 0 Å². The van der Waals surface area contributed by atoms with E-state index in [0.717, 1.165) is 38.5 Å². The van der Waals surface area contributed by atoms with Crippen molar-refractivity contribution in [1.29, 1.82) is 0 Å². The summed E-state index contributed by atoms with van der Waals surface area (Å²) < 4.78 is 17.1. The first kappa shape index (κ1) is 69.8. The summed E-state index contributed by atoms with van der Waals surface area (Å²) in [6.07, 6.45) is 57.9. The Kier molecular flexibility index (Phi) is 51.7. The van der Waals surface area contributed by atoms with E-state index in [0.29, 0.717) is 12.8 Å². The van der Waals surface area contributed by atoms with Gasteiger partial charge in [-0.05, 0) is 25.7 Å². The summed E-state index contributed by atoms with van der Waals surface area (Å²) in [6.45, 7) is 3.99. The topological polar surface area (TPSA) is 143 Å². The third-order valence-electron chi connectivity index (χ3n) is 16.0. The van der Waals surface area contributed by atoms with Crippen LogP contribution in [0.3, 0.4) is 0 Å². The van der Waals surface area contributed by atoms with Crippen LogP contribution in [-0.4, -0.2) is 82.2 Å². The summed E-state index contributed by atoms with van der Waals surface area (Å²) in [7, 11) is 0. The first-order valence-corrected chi connectivity index (χ1v) is 32.5. The van der Waals surface area contributed by atoms with Gasteiger partial charge in [-0.2, -0.15) is 0 Å². The number of unbranched alkanes of at least 4 members (excludes halogenated alkanes) is 46. The van der Waals surface area contributed by atoms with Gasteiger partial charge in [0, 0.05) is 12.8 Å². The predicted molar refractivity (Wildman–Crippen MR) is 306 cm³/mol. The Morgan fingerprint density at radius 3 is 0.918 bits per heavy atom. The fraction of sp³-hybridized carbons (Fsp3) is 0.969. The van der Waals surface area contributed by atoms with Crippen molar-refractivity contribution in [2.45, 2.75) is 384 Å². The Balaban J connectivity index is 2.13. The average Bonchev–Trinajstić information content (AvgIpc) is 3.39. The van der Waals surface area contributed by atoms with Crippen LogP contribution in [0.4, 0.5) is 0 Å². The molecule has 0 saturated carbocycles. The molecule has 0 amide bonds. The molecule has 6 atom stereocenters. The van der Waals surface area contributed by atoms with E-state index in [-0.39, 0.29) is 31.4 Å². The van der Waals surface area contributed by atoms with E-state index in [1.807, 2.05) is 0 Å². The summed E-state index contributed by atoms with van der Waals surface area (Å²) in [6, 6.07) is 0. The van der Waals surface area contributed by atoms with Crippen LogP contribution in [0.15, 0.2) is 0 Å². The minimum atomic E-state index is -1.47. The Bertz CT molecular complexity index is 1150. The summed E-state index contributed by atoms with van der Waals surface area (Å²) >= 11 is 0. The zero-order valence-electron chi connectivity index (χ0n) is 48.5. The van der Waals surface area contributed by atoms with Crippen molar-refractivity contribution < 1.29 is 44.2 Å². The summed E-state index contributed by atoms with van der Waals surface area (Å²) in [5, 5.41) is 40.7. The average molecular weight is 1040 g/mol. The highest BCUT2D eigenvalue weighted by Gasteiger charge is 2.43. The molecule has 1 aliphatic heterocycles. The molecule has 0 bridgehead atoms. The van der Waals surface area contributed by atoms with Crippen LogP contribution in [0.25, 0.3) is 0 Å². The van der Waals surface area contributed by atoms with Gasteiger partial charge in [-0.1, -0.05) is 309 Å². The number of aliphatic hydroxyl groups is 4. The molecule has 73 heavy (non-hydrogen) atoms. The van der Waals surface area contributed by atoms with Crippen LogP contribution in [0.5, 0.6) is 0 Å². The third kappa shape index (κ3) is 44.4. The largest absolute Gasteiger partial charge is 0.462 e. The minimum Gasteiger partial charge on any atom is -0.462 e. The molecular formula is C64H124O9. The van der Waals surface area contributed by atoms with Gasteiger partial charge in [0.25, 0.3) is 0 Å². The molecule has 1 heterocycles. The Labute approximate surface area is 452 Å². The van der Waals surface area contributed by atoms with Gasteiger partial charge in [-0.3, -0.25) is 9.59 Å². The molecule has 4 N–H and O–H groups in total. The molecule has 1 aliphatic rings. The molecule has 0 aromatic carbocycles. The third-order valence-corrected chi connectivity index (χ3v) is 16.0. The van der Waals surface area contributed by atoms with Gasteiger partial charge in [0.05, 0.1) is 12.7 Å². The number of hydrogen-bond donors (Lipinski definition) is 4. The maximum Gasteiger partial charge on any atom is 0.306 e. The molecule has 0 spiro atoms. The molecule has 0 aromatic heterocycles. The molecular weight excluding hydrogens is 913 g/mol. The second kappa shape index (κ2) is 54.1. The monoisotopic (exact) mass is 1040 g/mol. The van der Waals surface area contributed by atoms with Crippen LogP contribution < -0.4 is 0 Å². The zero-order valence-corrected chi connectivity index (χ0v) is 48.5. The van der Waals surface area contributed by atoms with Gasteiger partial charge in [-0.25, -0.2) is 0 Å². The maximum atomic E-state index is 13.0. The van der Waals surface area contributed by atoms with Crippen molar-refractivity contribution in [1.82, 2.24) is 0 Å². The number of rotatable bonds is 57. The number of hydrogen-bond acceptors (Lipinski definition) is 9. The lowest BCUT2D eigenvalue weighted by molar-refractivity contribution is -0.231. The Morgan fingerprint density at radius 1 is 0.370 bits per heavy atom. The van der Waals surface area contributed by atoms with E-state index in [1.165, 1.54) is 270 Å². The highest BCUT2D eigenvalue weighted by Crippen LogP contribution is 2.26. The molecule has 0 aliphatic carbocycles. The van der Waals surface area contributed by atoms with Crippen molar-refractivity contribution in [2.75, 3.05) is 13.2 Å². The van der Waals surface area contributed by atoms with Crippen LogP contribution >= 0.6 is 0 Å². The van der Waals surface area contributed by atoms with Crippen LogP contribution in [0.2, 0.25) is 0 Å². The number of ether oxygens (including phenoxy) is 3. The van der Waals surface area contributed by atoms with E-state index < -0.39 is 43.2 Å². The van der Waals surface area contributed by atoms with Crippen LogP contribution in [0.1, 0.15) is 348 Å². The highest BCUT2D eigenvalue weighted by atomic mass is 16.6. The van der Waals surface area contributed by atoms with Gasteiger partial charge < -0.3 is 34.6 Å². The number of esters is 2. The molecule has 9 heteroatoms. The fourth-order valence-electron chi connectivity index (χ4n) is 10.9. The van der Waals surface area contributed by atoms with Crippen LogP contribution in [-0.2, 0) is 23.8 Å². The van der Waals surface area contributed by atoms with Gasteiger partial charge >= 0.3 is 11.9 Å². The summed E-state index contributed by atoms with van der Waals surface area (Å²) in [5.74, 6) is -0.642. The lowest BCUT2D eigenvalue weighted by Crippen LogP contribution is -2.58. The second-order valence-electron chi connectivity index (χ2n) is 23.0. The number of carbonyl (C=O) groups is 2. The van der Waals surface area contributed by atoms with E-state index in [9.17, 15) is 30.0 Å². The first-order valence-electron chi connectivity index (χ1n) is 32.5. The Morgan fingerprint density at radius 2 is 0.630 bits per heavy atom. The predicted octanol–water partition coefficient (Wildman–Crippen LogP) is 17.6. The minimum absolute atomic E-state index is 0.0825. The molecule has 0 aromatic rings. The van der Waals surface area contributed by atoms with Crippen LogP contribution in [0, 0.1) is 0 Å². The molecule has 434 valence electrons. The molecule has 1 saturated heterocycles. The van der Waals surface area contributed by atoms with Crippen molar-refractivity contribution in [3.8, 4) is 0 Å².